The Morgan fingerprint density at radius 1 is 1.37 bits per heavy atom. The molecule has 0 bridgehead atoms. The first kappa shape index (κ1) is 14.4. The zero-order chi connectivity index (χ0) is 14.2. The molecule has 0 saturated heterocycles. The highest BCUT2D eigenvalue weighted by atomic mass is 79.9. The molecule has 0 atom stereocenters. The highest BCUT2D eigenvalue weighted by molar-refractivity contribution is 9.08. The fourth-order valence-corrected chi connectivity index (χ4v) is 2.89. The molecule has 1 amide bonds. The standard InChI is InChI=1S/C15H20BrNO2/c1-10-11(7-16)5-6-12-8-17(9-13(10)12)14(18)19-15(2,3)4/h5-6H,7-9H2,1-4H3. The van der Waals surface area contributed by atoms with E-state index in [-0.39, 0.29) is 6.09 Å². The Bertz CT molecular complexity index is 506. The first-order valence-corrected chi connectivity index (χ1v) is 7.58. The van der Waals surface area contributed by atoms with Crippen molar-refractivity contribution < 1.29 is 9.53 Å². The number of ether oxygens (including phenoxy) is 1. The Morgan fingerprint density at radius 2 is 2.05 bits per heavy atom. The summed E-state index contributed by atoms with van der Waals surface area (Å²) < 4.78 is 5.43. The van der Waals surface area contributed by atoms with E-state index < -0.39 is 5.60 Å². The predicted octanol–water partition coefficient (Wildman–Crippen LogP) is 4.14. The zero-order valence-electron chi connectivity index (χ0n) is 11.9. The molecule has 0 spiro atoms. The van der Waals surface area contributed by atoms with E-state index in [0.29, 0.717) is 13.1 Å². The Balaban J connectivity index is 2.17. The molecule has 1 heterocycles. The summed E-state index contributed by atoms with van der Waals surface area (Å²) in [6.45, 7) is 9.09. The largest absolute Gasteiger partial charge is 0.444 e. The topological polar surface area (TPSA) is 29.5 Å². The van der Waals surface area contributed by atoms with Crippen LogP contribution in [0.25, 0.3) is 0 Å². The van der Waals surface area contributed by atoms with E-state index in [2.05, 4.69) is 35.0 Å². The minimum Gasteiger partial charge on any atom is -0.444 e. The van der Waals surface area contributed by atoms with E-state index in [4.69, 9.17) is 4.74 Å². The fraction of sp³-hybridized carbons (Fsp3) is 0.533. The number of hydrogen-bond acceptors (Lipinski definition) is 2. The van der Waals surface area contributed by atoms with Crippen LogP contribution in [0.2, 0.25) is 0 Å². The van der Waals surface area contributed by atoms with E-state index in [1.165, 1.54) is 22.3 Å². The molecule has 3 nitrogen and oxygen atoms in total. The summed E-state index contributed by atoms with van der Waals surface area (Å²) in [5, 5.41) is 0.846. The van der Waals surface area contributed by atoms with Gasteiger partial charge in [-0.3, -0.25) is 4.90 Å². The molecule has 0 saturated carbocycles. The first-order chi connectivity index (χ1) is 8.81. The molecular weight excluding hydrogens is 306 g/mol. The van der Waals surface area contributed by atoms with Crippen molar-refractivity contribution in [3.8, 4) is 0 Å². The maximum atomic E-state index is 12.1. The molecule has 4 heteroatoms. The van der Waals surface area contributed by atoms with Gasteiger partial charge in [-0.2, -0.15) is 0 Å². The number of alkyl halides is 1. The lowest BCUT2D eigenvalue weighted by molar-refractivity contribution is 0.0241. The molecule has 0 unspecified atom stereocenters. The number of amides is 1. The molecule has 0 fully saturated rings. The summed E-state index contributed by atoms with van der Waals surface area (Å²) in [5.74, 6) is 0. The van der Waals surface area contributed by atoms with Crippen molar-refractivity contribution in [3.63, 3.8) is 0 Å². The van der Waals surface area contributed by atoms with E-state index in [1.54, 1.807) is 4.90 Å². The molecule has 0 aromatic heterocycles. The summed E-state index contributed by atoms with van der Waals surface area (Å²) in [5.41, 5.74) is 4.61. The van der Waals surface area contributed by atoms with Gasteiger partial charge in [-0.05, 0) is 49.9 Å². The van der Waals surface area contributed by atoms with Gasteiger partial charge in [-0.15, -0.1) is 0 Å². The third-order valence-corrected chi connectivity index (χ3v) is 3.92. The van der Waals surface area contributed by atoms with Crippen LogP contribution in [0, 0.1) is 6.92 Å². The summed E-state index contributed by atoms with van der Waals surface area (Å²) >= 11 is 3.50. The Hall–Kier alpha value is -1.03. The lowest BCUT2D eigenvalue weighted by Gasteiger charge is -2.24. The van der Waals surface area contributed by atoms with Crippen molar-refractivity contribution in [1.29, 1.82) is 0 Å². The zero-order valence-corrected chi connectivity index (χ0v) is 13.5. The average molecular weight is 326 g/mol. The van der Waals surface area contributed by atoms with Crippen LogP contribution in [0.15, 0.2) is 12.1 Å². The molecule has 2 rings (SSSR count). The van der Waals surface area contributed by atoms with Crippen LogP contribution < -0.4 is 0 Å². The molecule has 0 radical (unpaired) electrons. The quantitative estimate of drug-likeness (QED) is 0.726. The summed E-state index contributed by atoms with van der Waals surface area (Å²) in [7, 11) is 0. The number of carbonyl (C=O) groups excluding carboxylic acids is 1. The molecule has 1 aliphatic rings. The third kappa shape index (κ3) is 3.11. The molecule has 1 aliphatic heterocycles. The fourth-order valence-electron chi connectivity index (χ4n) is 2.28. The van der Waals surface area contributed by atoms with Crippen molar-refractivity contribution >= 4 is 22.0 Å². The summed E-state index contributed by atoms with van der Waals surface area (Å²) in [6.07, 6.45) is -0.233. The maximum absolute atomic E-state index is 12.1. The summed E-state index contributed by atoms with van der Waals surface area (Å²) in [6, 6.07) is 4.24. The average Bonchev–Trinajstić information content (AvgIpc) is 2.72. The maximum Gasteiger partial charge on any atom is 0.410 e. The van der Waals surface area contributed by atoms with Gasteiger partial charge in [0.1, 0.15) is 5.60 Å². The Morgan fingerprint density at radius 3 is 2.63 bits per heavy atom. The van der Waals surface area contributed by atoms with Gasteiger partial charge in [0.25, 0.3) is 0 Å². The lowest BCUT2D eigenvalue weighted by atomic mass is 10.0. The van der Waals surface area contributed by atoms with E-state index in [1.807, 2.05) is 20.8 Å². The number of carbonyl (C=O) groups is 1. The van der Waals surface area contributed by atoms with Crippen LogP contribution >= 0.6 is 15.9 Å². The number of nitrogens with zero attached hydrogens (tertiary/aromatic N) is 1. The Kier molecular flexibility index (Phi) is 3.90. The Labute approximate surface area is 123 Å². The van der Waals surface area contributed by atoms with Gasteiger partial charge in [0.05, 0.1) is 0 Å². The van der Waals surface area contributed by atoms with Crippen molar-refractivity contribution in [2.45, 2.75) is 51.7 Å². The van der Waals surface area contributed by atoms with Crippen LogP contribution in [0.5, 0.6) is 0 Å². The summed E-state index contributed by atoms with van der Waals surface area (Å²) in [4.78, 5) is 13.9. The van der Waals surface area contributed by atoms with Crippen molar-refractivity contribution in [3.05, 3.63) is 34.4 Å². The van der Waals surface area contributed by atoms with Gasteiger partial charge in [0.2, 0.25) is 0 Å². The number of fused-ring (bicyclic) bond motifs is 1. The van der Waals surface area contributed by atoms with Gasteiger partial charge >= 0.3 is 6.09 Å². The lowest BCUT2D eigenvalue weighted by Crippen LogP contribution is -2.33. The predicted molar refractivity (Wildman–Crippen MR) is 79.3 cm³/mol. The van der Waals surface area contributed by atoms with Crippen LogP contribution in [0.3, 0.4) is 0 Å². The van der Waals surface area contributed by atoms with Crippen LogP contribution in [0.1, 0.15) is 43.0 Å². The smallest absolute Gasteiger partial charge is 0.410 e. The van der Waals surface area contributed by atoms with Gasteiger partial charge in [-0.25, -0.2) is 4.79 Å². The van der Waals surface area contributed by atoms with Gasteiger partial charge in [0.15, 0.2) is 0 Å². The van der Waals surface area contributed by atoms with Crippen LogP contribution in [-0.4, -0.2) is 16.6 Å². The molecule has 19 heavy (non-hydrogen) atoms. The van der Waals surface area contributed by atoms with Gasteiger partial charge in [0, 0.05) is 18.4 Å². The molecule has 104 valence electrons. The number of hydrogen-bond donors (Lipinski definition) is 0. The van der Waals surface area contributed by atoms with Crippen molar-refractivity contribution in [2.24, 2.45) is 0 Å². The first-order valence-electron chi connectivity index (χ1n) is 6.46. The van der Waals surface area contributed by atoms with E-state index in [9.17, 15) is 4.79 Å². The minimum absolute atomic E-state index is 0.233. The van der Waals surface area contributed by atoms with Crippen molar-refractivity contribution in [1.82, 2.24) is 4.90 Å². The van der Waals surface area contributed by atoms with E-state index >= 15 is 0 Å². The number of benzene rings is 1. The molecule has 1 aromatic carbocycles. The van der Waals surface area contributed by atoms with Crippen LogP contribution in [-0.2, 0) is 23.2 Å². The minimum atomic E-state index is -0.443. The molecular formula is C15H20BrNO2. The van der Waals surface area contributed by atoms with Gasteiger partial charge in [-0.1, -0.05) is 28.1 Å². The SMILES string of the molecule is Cc1c(CBr)ccc2c1CN(C(=O)OC(C)(C)C)C2. The molecule has 0 aliphatic carbocycles. The van der Waals surface area contributed by atoms with Crippen LogP contribution in [0.4, 0.5) is 4.79 Å². The second-order valence-electron chi connectivity index (χ2n) is 5.96. The highest BCUT2D eigenvalue weighted by Gasteiger charge is 2.28. The van der Waals surface area contributed by atoms with E-state index in [0.717, 1.165) is 5.33 Å². The highest BCUT2D eigenvalue weighted by Crippen LogP contribution is 2.29. The number of halogens is 1. The second kappa shape index (κ2) is 5.16. The number of rotatable bonds is 1. The second-order valence-corrected chi connectivity index (χ2v) is 6.52. The van der Waals surface area contributed by atoms with Gasteiger partial charge < -0.3 is 4.74 Å². The normalized spacial score (nSPS) is 14.5. The molecule has 0 N–H and O–H groups in total. The monoisotopic (exact) mass is 325 g/mol. The molecule has 1 aromatic rings. The van der Waals surface area contributed by atoms with Crippen molar-refractivity contribution in [2.75, 3.05) is 0 Å². The third-order valence-electron chi connectivity index (χ3n) is 3.31.